The fraction of sp³-hybridized carbons (Fsp3) is 0.158. The van der Waals surface area contributed by atoms with Crippen molar-refractivity contribution in [2.45, 2.75) is 18.4 Å². The topological polar surface area (TPSA) is 59.0 Å². The Hall–Kier alpha value is -2.80. The van der Waals surface area contributed by atoms with Gasteiger partial charge in [0.25, 0.3) is 5.91 Å². The third-order valence-corrected chi connectivity index (χ3v) is 4.63. The Bertz CT molecular complexity index is 908. The van der Waals surface area contributed by atoms with Crippen LogP contribution in [-0.2, 0) is 13.6 Å². The zero-order valence-corrected chi connectivity index (χ0v) is 15.3. The summed E-state index contributed by atoms with van der Waals surface area (Å²) in [6.07, 6.45) is 3.59. The summed E-state index contributed by atoms with van der Waals surface area (Å²) in [5.41, 5.74) is 3.37. The number of amides is 1. The van der Waals surface area contributed by atoms with E-state index >= 15 is 0 Å². The third kappa shape index (κ3) is 4.64. The van der Waals surface area contributed by atoms with Gasteiger partial charge in [0.1, 0.15) is 5.82 Å². The lowest BCUT2D eigenvalue weighted by Crippen LogP contribution is -2.22. The minimum atomic E-state index is -0.266. The number of benzene rings is 2. The van der Waals surface area contributed by atoms with Crippen LogP contribution >= 0.6 is 11.9 Å². The van der Waals surface area contributed by atoms with Gasteiger partial charge in [0.15, 0.2) is 0 Å². The zero-order valence-electron chi connectivity index (χ0n) is 14.5. The lowest BCUT2D eigenvalue weighted by Gasteiger charge is -2.11. The van der Waals surface area contributed by atoms with E-state index in [0.29, 0.717) is 12.1 Å². The molecule has 26 heavy (non-hydrogen) atoms. The highest BCUT2D eigenvalue weighted by atomic mass is 32.2. The molecule has 0 atom stereocenters. The number of anilines is 1. The number of hydrogen-bond donors (Lipinski definition) is 2. The number of carbonyl (C=O) groups excluding carboxylic acids is 1. The Morgan fingerprint density at radius 1 is 1.23 bits per heavy atom. The minimum Gasteiger partial charge on any atom is -0.348 e. The second-order valence-corrected chi connectivity index (χ2v) is 6.77. The average molecular weight is 370 g/mol. The van der Waals surface area contributed by atoms with Gasteiger partial charge in [0, 0.05) is 41.5 Å². The molecular weight excluding hydrogens is 351 g/mol. The number of halogens is 1. The van der Waals surface area contributed by atoms with Gasteiger partial charge in [-0.1, -0.05) is 6.07 Å². The second kappa shape index (κ2) is 8.05. The molecule has 2 N–H and O–H groups in total. The van der Waals surface area contributed by atoms with Gasteiger partial charge in [-0.25, -0.2) is 4.39 Å². The van der Waals surface area contributed by atoms with Crippen LogP contribution in [0.5, 0.6) is 0 Å². The molecule has 0 saturated carbocycles. The molecule has 1 amide bonds. The van der Waals surface area contributed by atoms with Crippen molar-refractivity contribution >= 4 is 23.5 Å². The Morgan fingerprint density at radius 3 is 2.69 bits per heavy atom. The molecule has 0 bridgehead atoms. The molecule has 134 valence electrons. The number of carbonyl (C=O) groups is 1. The predicted octanol–water partition coefficient (Wildman–Crippen LogP) is 3.92. The Kier molecular flexibility index (Phi) is 5.58. The van der Waals surface area contributed by atoms with Crippen molar-refractivity contribution in [3.63, 3.8) is 0 Å². The highest BCUT2D eigenvalue weighted by molar-refractivity contribution is 8.00. The van der Waals surface area contributed by atoms with E-state index in [1.807, 2.05) is 32.3 Å². The number of hydrogen-bond acceptors (Lipinski definition) is 4. The highest BCUT2D eigenvalue weighted by Gasteiger charge is 2.09. The maximum Gasteiger partial charge on any atom is 0.251 e. The Balaban J connectivity index is 1.64. The van der Waals surface area contributed by atoms with Crippen LogP contribution in [0.1, 0.15) is 21.5 Å². The van der Waals surface area contributed by atoms with Crippen LogP contribution in [0.25, 0.3) is 0 Å². The summed E-state index contributed by atoms with van der Waals surface area (Å²) in [6.45, 7) is 2.39. The quantitative estimate of drug-likeness (QED) is 0.646. The van der Waals surface area contributed by atoms with Crippen molar-refractivity contribution in [2.75, 3.05) is 4.72 Å². The second-order valence-electron chi connectivity index (χ2n) is 5.89. The molecule has 0 aliphatic heterocycles. The molecule has 0 radical (unpaired) electrons. The molecule has 0 aliphatic rings. The van der Waals surface area contributed by atoms with E-state index < -0.39 is 0 Å². The van der Waals surface area contributed by atoms with E-state index in [-0.39, 0.29) is 11.7 Å². The summed E-state index contributed by atoms with van der Waals surface area (Å²) < 4.78 is 17.9. The Morgan fingerprint density at radius 2 is 2.00 bits per heavy atom. The maximum atomic E-state index is 13.0. The van der Waals surface area contributed by atoms with Gasteiger partial charge < -0.3 is 10.0 Å². The normalized spacial score (nSPS) is 10.6. The minimum absolute atomic E-state index is 0.149. The van der Waals surface area contributed by atoms with Crippen molar-refractivity contribution in [2.24, 2.45) is 7.05 Å². The summed E-state index contributed by atoms with van der Waals surface area (Å²) in [5.74, 6) is -0.415. The molecule has 0 unspecified atom stereocenters. The van der Waals surface area contributed by atoms with Crippen LogP contribution in [0.3, 0.4) is 0 Å². The van der Waals surface area contributed by atoms with Crippen LogP contribution in [0.15, 0.2) is 59.8 Å². The van der Waals surface area contributed by atoms with Gasteiger partial charge in [-0.05, 0) is 60.8 Å². The van der Waals surface area contributed by atoms with Crippen LogP contribution < -0.4 is 10.0 Å². The SMILES string of the molecule is Cc1ccc(C(=O)NCc2cnn(C)c2)cc1NSc1ccc(F)cc1. The van der Waals surface area contributed by atoms with Crippen molar-refractivity contribution in [1.82, 2.24) is 15.1 Å². The fourth-order valence-electron chi connectivity index (χ4n) is 2.34. The first-order valence-electron chi connectivity index (χ1n) is 8.06. The van der Waals surface area contributed by atoms with E-state index in [2.05, 4.69) is 15.1 Å². The largest absolute Gasteiger partial charge is 0.348 e. The summed E-state index contributed by atoms with van der Waals surface area (Å²) in [7, 11) is 1.84. The predicted molar refractivity (Wildman–Crippen MR) is 101 cm³/mol. The standard InChI is InChI=1S/C19H19FN4OS/c1-13-3-4-15(19(25)21-10-14-11-22-24(2)12-14)9-18(13)23-26-17-7-5-16(20)6-8-17/h3-9,11-12,23H,10H2,1-2H3,(H,21,25). The van der Waals surface area contributed by atoms with Crippen molar-refractivity contribution in [3.05, 3.63) is 77.4 Å². The first kappa shape index (κ1) is 18.0. The third-order valence-electron chi connectivity index (χ3n) is 3.80. The molecule has 2 aromatic carbocycles. The Labute approximate surface area is 155 Å². The van der Waals surface area contributed by atoms with E-state index in [0.717, 1.165) is 21.7 Å². The number of aryl methyl sites for hydroxylation is 2. The summed E-state index contributed by atoms with van der Waals surface area (Å²) in [6, 6.07) is 11.7. The summed E-state index contributed by atoms with van der Waals surface area (Å²) >= 11 is 1.37. The van der Waals surface area contributed by atoms with Crippen LogP contribution in [0, 0.1) is 12.7 Å². The summed E-state index contributed by atoms with van der Waals surface area (Å²) in [4.78, 5) is 13.3. The number of nitrogens with one attached hydrogen (secondary N) is 2. The molecule has 3 aromatic rings. The molecule has 0 saturated heterocycles. The fourth-order valence-corrected chi connectivity index (χ4v) is 3.06. The molecule has 0 spiro atoms. The molecule has 0 fully saturated rings. The van der Waals surface area contributed by atoms with Gasteiger partial charge in [-0.2, -0.15) is 5.10 Å². The molecular formula is C19H19FN4OS. The van der Waals surface area contributed by atoms with E-state index in [9.17, 15) is 9.18 Å². The van der Waals surface area contributed by atoms with Crippen LogP contribution in [-0.4, -0.2) is 15.7 Å². The molecule has 5 nitrogen and oxygen atoms in total. The van der Waals surface area contributed by atoms with Crippen LogP contribution in [0.4, 0.5) is 10.1 Å². The van der Waals surface area contributed by atoms with Gasteiger partial charge in [0.2, 0.25) is 0 Å². The lowest BCUT2D eigenvalue weighted by molar-refractivity contribution is 0.0951. The smallest absolute Gasteiger partial charge is 0.251 e. The van der Waals surface area contributed by atoms with Crippen molar-refractivity contribution in [3.8, 4) is 0 Å². The van der Waals surface area contributed by atoms with Crippen molar-refractivity contribution < 1.29 is 9.18 Å². The van der Waals surface area contributed by atoms with Gasteiger partial charge in [-0.3, -0.25) is 9.48 Å². The van der Waals surface area contributed by atoms with Crippen LogP contribution in [0.2, 0.25) is 0 Å². The first-order chi connectivity index (χ1) is 12.5. The highest BCUT2D eigenvalue weighted by Crippen LogP contribution is 2.25. The monoisotopic (exact) mass is 370 g/mol. The zero-order chi connectivity index (χ0) is 18.5. The maximum absolute atomic E-state index is 13.0. The molecule has 7 heteroatoms. The van der Waals surface area contributed by atoms with E-state index in [1.54, 1.807) is 29.1 Å². The van der Waals surface area contributed by atoms with Gasteiger partial charge in [-0.15, -0.1) is 0 Å². The lowest BCUT2D eigenvalue weighted by atomic mass is 10.1. The molecule has 1 heterocycles. The number of rotatable bonds is 6. The first-order valence-corrected chi connectivity index (χ1v) is 8.88. The molecule has 0 aliphatic carbocycles. The number of aromatic nitrogens is 2. The average Bonchev–Trinajstić information content (AvgIpc) is 3.05. The molecule has 3 rings (SSSR count). The van der Waals surface area contributed by atoms with Gasteiger partial charge in [0.05, 0.1) is 6.20 Å². The van der Waals surface area contributed by atoms with E-state index in [1.165, 1.54) is 24.1 Å². The summed E-state index contributed by atoms with van der Waals surface area (Å²) in [5, 5.41) is 6.97. The number of nitrogens with zero attached hydrogens (tertiary/aromatic N) is 2. The van der Waals surface area contributed by atoms with E-state index in [4.69, 9.17) is 0 Å². The van der Waals surface area contributed by atoms with Gasteiger partial charge >= 0.3 is 0 Å². The molecule has 1 aromatic heterocycles. The van der Waals surface area contributed by atoms with Crippen molar-refractivity contribution in [1.29, 1.82) is 0 Å².